The summed E-state index contributed by atoms with van der Waals surface area (Å²) < 4.78 is 6.01. The van der Waals surface area contributed by atoms with Crippen LogP contribution in [-0.2, 0) is 0 Å². The molecule has 4 heteroatoms. The number of ether oxygens (including phenoxy) is 1. The van der Waals surface area contributed by atoms with Gasteiger partial charge in [-0.2, -0.15) is 4.74 Å². The van der Waals surface area contributed by atoms with Gasteiger partial charge in [-0.25, -0.2) is 0 Å². The Hall–Kier alpha value is -2.49. The number of rotatable bonds is 4. The van der Waals surface area contributed by atoms with Gasteiger partial charge in [-0.1, -0.05) is 12.1 Å². The third-order valence-corrected chi connectivity index (χ3v) is 3.00. The van der Waals surface area contributed by atoms with Crippen LogP contribution in [-0.4, -0.2) is 32.2 Å². The van der Waals surface area contributed by atoms with Gasteiger partial charge in [0, 0.05) is 31.4 Å². The monoisotopic (exact) mass is 270 g/mol. The van der Waals surface area contributed by atoms with E-state index in [0.29, 0.717) is 11.4 Å². The number of hydrogen-bond acceptors (Lipinski definition) is 3. The van der Waals surface area contributed by atoms with Gasteiger partial charge in [0.1, 0.15) is 0 Å². The molecule has 104 valence electrons. The molecule has 0 radical (unpaired) electrons. The molecule has 0 aliphatic rings. The summed E-state index contributed by atoms with van der Waals surface area (Å²) in [4.78, 5) is 2.01. The average molecular weight is 270 g/mol. The van der Waals surface area contributed by atoms with E-state index in [1.54, 1.807) is 19.2 Å². The number of benzene rings is 2. The first kappa shape index (κ1) is 13.9. The van der Waals surface area contributed by atoms with Crippen molar-refractivity contribution < 1.29 is 9.48 Å². The standard InChI is InChI=1S/C16H18N2O2/c1-17(2)14-10-8-13(9-11-14)12-18(19)15-6-4-5-7-16(15)20-3/h4-12H,1-3H3/b18-12-. The minimum Gasteiger partial charge on any atom is -0.618 e. The Kier molecular flexibility index (Phi) is 4.25. The largest absolute Gasteiger partial charge is 0.618 e. The minimum atomic E-state index is 0.492. The van der Waals surface area contributed by atoms with E-state index >= 15 is 0 Å². The van der Waals surface area contributed by atoms with Crippen LogP contribution in [0.15, 0.2) is 48.5 Å². The van der Waals surface area contributed by atoms with Crippen molar-refractivity contribution in [2.45, 2.75) is 0 Å². The first-order valence-corrected chi connectivity index (χ1v) is 6.33. The molecular formula is C16H18N2O2. The Morgan fingerprint density at radius 1 is 1.05 bits per heavy atom. The number of methoxy groups -OCH3 is 1. The van der Waals surface area contributed by atoms with Crippen molar-refractivity contribution in [1.82, 2.24) is 0 Å². The van der Waals surface area contributed by atoms with Crippen LogP contribution < -0.4 is 9.64 Å². The van der Waals surface area contributed by atoms with E-state index in [2.05, 4.69) is 0 Å². The lowest BCUT2D eigenvalue weighted by atomic mass is 10.2. The molecule has 0 aromatic heterocycles. The van der Waals surface area contributed by atoms with E-state index in [0.717, 1.165) is 16.0 Å². The second-order valence-corrected chi connectivity index (χ2v) is 4.61. The van der Waals surface area contributed by atoms with Gasteiger partial charge in [-0.15, -0.1) is 0 Å². The molecule has 20 heavy (non-hydrogen) atoms. The summed E-state index contributed by atoms with van der Waals surface area (Å²) in [5, 5.41) is 12.2. The highest BCUT2D eigenvalue weighted by Gasteiger charge is 2.09. The molecular weight excluding hydrogens is 252 g/mol. The Labute approximate surface area is 119 Å². The van der Waals surface area contributed by atoms with Crippen LogP contribution in [0.2, 0.25) is 0 Å². The fourth-order valence-electron chi connectivity index (χ4n) is 1.88. The predicted molar refractivity (Wildman–Crippen MR) is 82.2 cm³/mol. The molecule has 0 saturated carbocycles. The molecule has 0 fully saturated rings. The summed E-state index contributed by atoms with van der Waals surface area (Å²) in [7, 11) is 5.51. The van der Waals surface area contributed by atoms with Crippen LogP contribution in [0.25, 0.3) is 0 Å². The van der Waals surface area contributed by atoms with Gasteiger partial charge in [0.25, 0.3) is 5.69 Å². The Balaban J connectivity index is 2.30. The van der Waals surface area contributed by atoms with Crippen LogP contribution in [0.1, 0.15) is 5.56 Å². The zero-order valence-electron chi connectivity index (χ0n) is 11.9. The summed E-state index contributed by atoms with van der Waals surface area (Å²) >= 11 is 0. The Bertz CT molecular complexity index is 604. The van der Waals surface area contributed by atoms with Gasteiger partial charge in [-0.3, -0.25) is 0 Å². The number of nitrogens with zero attached hydrogens (tertiary/aromatic N) is 2. The first-order valence-electron chi connectivity index (χ1n) is 6.33. The van der Waals surface area contributed by atoms with Crippen molar-refractivity contribution in [2.75, 3.05) is 26.1 Å². The van der Waals surface area contributed by atoms with Gasteiger partial charge in [0.15, 0.2) is 12.0 Å². The second kappa shape index (κ2) is 6.10. The number of para-hydroxylation sites is 2. The van der Waals surface area contributed by atoms with Gasteiger partial charge in [0.05, 0.1) is 7.11 Å². The number of hydrogen-bond donors (Lipinski definition) is 0. The summed E-state index contributed by atoms with van der Waals surface area (Å²) in [6.07, 6.45) is 1.54. The maximum atomic E-state index is 12.2. The van der Waals surface area contributed by atoms with Crippen molar-refractivity contribution in [3.05, 3.63) is 59.3 Å². The molecule has 2 aromatic rings. The molecule has 0 aliphatic carbocycles. The molecule has 0 aliphatic heterocycles. The van der Waals surface area contributed by atoms with Gasteiger partial charge >= 0.3 is 0 Å². The molecule has 2 aromatic carbocycles. The fourth-order valence-corrected chi connectivity index (χ4v) is 1.88. The fraction of sp³-hybridized carbons (Fsp3) is 0.188. The highest BCUT2D eigenvalue weighted by molar-refractivity contribution is 5.78. The molecule has 0 unspecified atom stereocenters. The van der Waals surface area contributed by atoms with E-state index in [-0.39, 0.29) is 0 Å². The zero-order chi connectivity index (χ0) is 14.5. The quantitative estimate of drug-likeness (QED) is 0.371. The van der Waals surface area contributed by atoms with Gasteiger partial charge < -0.3 is 14.8 Å². The predicted octanol–water partition coefficient (Wildman–Crippen LogP) is 3.02. The van der Waals surface area contributed by atoms with Crippen molar-refractivity contribution in [3.63, 3.8) is 0 Å². The second-order valence-electron chi connectivity index (χ2n) is 4.61. The molecule has 0 N–H and O–H groups in total. The lowest BCUT2D eigenvalue weighted by molar-refractivity contribution is -0.355. The Morgan fingerprint density at radius 2 is 1.70 bits per heavy atom. The van der Waals surface area contributed by atoms with E-state index in [4.69, 9.17) is 4.74 Å². The third-order valence-electron chi connectivity index (χ3n) is 3.00. The average Bonchev–Trinajstić information content (AvgIpc) is 2.47. The SMILES string of the molecule is COc1ccccc1/[N+]([O-])=C/c1ccc(N(C)C)cc1. The van der Waals surface area contributed by atoms with Gasteiger partial charge in [-0.05, 0) is 30.3 Å². The Morgan fingerprint density at radius 3 is 2.30 bits per heavy atom. The molecule has 0 bridgehead atoms. The summed E-state index contributed by atoms with van der Waals surface area (Å²) in [5.74, 6) is 0.559. The molecule has 0 spiro atoms. The van der Waals surface area contributed by atoms with Gasteiger partial charge in [0.2, 0.25) is 0 Å². The van der Waals surface area contributed by atoms with Crippen molar-refractivity contribution in [3.8, 4) is 5.75 Å². The summed E-state index contributed by atoms with van der Waals surface area (Å²) in [6.45, 7) is 0. The van der Waals surface area contributed by atoms with Crippen LogP contribution in [0.4, 0.5) is 11.4 Å². The normalized spacial score (nSPS) is 11.2. The lowest BCUT2D eigenvalue weighted by Gasteiger charge is -2.12. The highest BCUT2D eigenvalue weighted by Crippen LogP contribution is 2.25. The van der Waals surface area contributed by atoms with E-state index in [9.17, 15) is 5.21 Å². The maximum Gasteiger partial charge on any atom is 0.258 e. The molecule has 0 saturated heterocycles. The molecule has 0 amide bonds. The minimum absolute atomic E-state index is 0.492. The molecule has 2 rings (SSSR count). The smallest absolute Gasteiger partial charge is 0.258 e. The lowest BCUT2D eigenvalue weighted by Crippen LogP contribution is -2.08. The topological polar surface area (TPSA) is 38.5 Å². The van der Waals surface area contributed by atoms with E-state index in [1.165, 1.54) is 6.21 Å². The van der Waals surface area contributed by atoms with Crippen molar-refractivity contribution in [1.29, 1.82) is 0 Å². The first-order chi connectivity index (χ1) is 9.61. The van der Waals surface area contributed by atoms with E-state index in [1.807, 2.05) is 55.4 Å². The van der Waals surface area contributed by atoms with Crippen molar-refractivity contribution >= 4 is 17.6 Å². The van der Waals surface area contributed by atoms with Crippen LogP contribution in [0, 0.1) is 5.21 Å². The zero-order valence-corrected chi connectivity index (χ0v) is 11.9. The third kappa shape index (κ3) is 3.09. The molecule has 0 atom stereocenters. The maximum absolute atomic E-state index is 12.2. The summed E-state index contributed by atoms with van der Waals surface area (Å²) in [6, 6.07) is 14.9. The summed E-state index contributed by atoms with van der Waals surface area (Å²) in [5.41, 5.74) is 2.43. The molecule has 4 nitrogen and oxygen atoms in total. The van der Waals surface area contributed by atoms with Crippen LogP contribution in [0.5, 0.6) is 5.75 Å². The highest BCUT2D eigenvalue weighted by atomic mass is 16.5. The van der Waals surface area contributed by atoms with Crippen LogP contribution in [0.3, 0.4) is 0 Å². The van der Waals surface area contributed by atoms with Crippen LogP contribution >= 0.6 is 0 Å². The van der Waals surface area contributed by atoms with E-state index < -0.39 is 0 Å². The molecule has 0 heterocycles. The number of anilines is 1. The van der Waals surface area contributed by atoms with Crippen molar-refractivity contribution in [2.24, 2.45) is 0 Å².